The zero-order valence-corrected chi connectivity index (χ0v) is 16.4. The van der Waals surface area contributed by atoms with Gasteiger partial charge in [-0.15, -0.1) is 12.4 Å². The van der Waals surface area contributed by atoms with Crippen LogP contribution in [-0.2, 0) is 10.3 Å². The van der Waals surface area contributed by atoms with Gasteiger partial charge in [0.2, 0.25) is 0 Å². The topological polar surface area (TPSA) is 21.3 Å². The summed E-state index contributed by atoms with van der Waals surface area (Å²) in [7, 11) is 1.99. The van der Waals surface area contributed by atoms with Crippen molar-refractivity contribution in [2.24, 2.45) is 0 Å². The minimum absolute atomic E-state index is 0. The predicted molar refractivity (Wildman–Crippen MR) is 110 cm³/mol. The maximum absolute atomic E-state index is 6.42. The number of hydrogen-bond donors (Lipinski definition) is 1. The van der Waals surface area contributed by atoms with Gasteiger partial charge in [-0.2, -0.15) is 0 Å². The van der Waals surface area contributed by atoms with Crippen LogP contribution >= 0.6 is 24.0 Å². The number of nitrogens with one attached hydrogen (secondary N) is 1. The molecule has 0 saturated carbocycles. The Morgan fingerprint density at radius 1 is 1.04 bits per heavy atom. The Morgan fingerprint density at radius 3 is 1.96 bits per heavy atom. The van der Waals surface area contributed by atoms with Gasteiger partial charge in [-0.1, -0.05) is 78.3 Å². The summed E-state index contributed by atoms with van der Waals surface area (Å²) in [6, 6.07) is 21.2. The minimum Gasteiger partial charge on any atom is -0.366 e. The number of rotatable bonds is 9. The molecule has 0 bridgehead atoms. The Labute approximate surface area is 162 Å². The molecule has 136 valence electrons. The van der Waals surface area contributed by atoms with Gasteiger partial charge in [0.15, 0.2) is 0 Å². The molecule has 0 aliphatic carbocycles. The summed E-state index contributed by atoms with van der Waals surface area (Å²) in [5.41, 5.74) is 3.45. The normalized spacial score (nSPS) is 12.8. The highest BCUT2D eigenvalue weighted by Gasteiger charge is 2.36. The lowest BCUT2D eigenvalue weighted by molar-refractivity contribution is -0.0240. The van der Waals surface area contributed by atoms with E-state index in [1.54, 1.807) is 5.54 Å². The van der Waals surface area contributed by atoms with E-state index in [0.29, 0.717) is 6.61 Å². The molecule has 2 aromatic rings. The molecule has 1 N–H and O–H groups in total. The highest BCUT2D eigenvalue weighted by atomic mass is 35.5. The van der Waals surface area contributed by atoms with Crippen LogP contribution in [0.15, 0.2) is 72.3 Å². The summed E-state index contributed by atoms with van der Waals surface area (Å²) in [6.07, 6.45) is 3.66. The minimum atomic E-state index is -0.481. The molecule has 25 heavy (non-hydrogen) atoms. The van der Waals surface area contributed by atoms with E-state index >= 15 is 0 Å². The van der Waals surface area contributed by atoms with E-state index < -0.39 is 5.60 Å². The van der Waals surface area contributed by atoms with E-state index in [0.717, 1.165) is 12.8 Å². The second-order valence-corrected chi connectivity index (χ2v) is 6.03. The van der Waals surface area contributed by atoms with Crippen molar-refractivity contribution in [2.45, 2.75) is 31.4 Å². The Kier molecular flexibility index (Phi) is 9.84. The molecule has 0 radical (unpaired) electrons. The van der Waals surface area contributed by atoms with Gasteiger partial charge in [0, 0.05) is 24.6 Å². The maximum atomic E-state index is 6.42. The Balaban J connectivity index is 0.00000312. The number of halogens is 2. The fraction of sp³-hybridized carbons (Fsp3) is 0.333. The predicted octanol–water partition coefficient (Wildman–Crippen LogP) is 5.51. The van der Waals surface area contributed by atoms with Crippen LogP contribution in [0.1, 0.15) is 30.9 Å². The van der Waals surface area contributed by atoms with Crippen molar-refractivity contribution < 1.29 is 4.74 Å². The molecule has 0 spiro atoms. The van der Waals surface area contributed by atoms with E-state index in [-0.39, 0.29) is 18.4 Å². The molecule has 2 aromatic carbocycles. The Hall–Kier alpha value is -1.32. The summed E-state index contributed by atoms with van der Waals surface area (Å²) in [5, 5.41) is 3.40. The second kappa shape index (κ2) is 11.3. The van der Waals surface area contributed by atoms with E-state index in [2.05, 4.69) is 53.8 Å². The van der Waals surface area contributed by atoms with Crippen molar-refractivity contribution in [3.63, 3.8) is 0 Å². The molecule has 0 heterocycles. The van der Waals surface area contributed by atoms with Crippen LogP contribution < -0.4 is 5.32 Å². The van der Waals surface area contributed by atoms with Crippen LogP contribution in [0.25, 0.3) is 0 Å². The summed E-state index contributed by atoms with van der Waals surface area (Å²) in [5.74, 6) is 0. The number of hydrogen-bond acceptors (Lipinski definition) is 2. The van der Waals surface area contributed by atoms with Crippen molar-refractivity contribution >= 4 is 24.0 Å². The fourth-order valence-corrected chi connectivity index (χ4v) is 3.26. The van der Waals surface area contributed by atoms with Gasteiger partial charge in [0.1, 0.15) is 5.60 Å². The molecular weight excluding hydrogens is 353 g/mol. The maximum Gasteiger partial charge on any atom is 0.120 e. The molecular formula is C21H27Cl2NO. The highest BCUT2D eigenvalue weighted by molar-refractivity contribution is 6.25. The van der Waals surface area contributed by atoms with Crippen LogP contribution in [0.3, 0.4) is 0 Å². The first kappa shape index (κ1) is 21.7. The molecule has 2 rings (SSSR count). The lowest BCUT2D eigenvalue weighted by Crippen LogP contribution is -2.39. The SMILES string of the molecule is CCOC(CC(C/C=C/Cl)NC)(c1ccccc1)c1ccccc1.Cl. The zero-order chi connectivity index (χ0) is 17.3. The fourth-order valence-electron chi connectivity index (χ4n) is 3.16. The molecule has 0 saturated heterocycles. The van der Waals surface area contributed by atoms with Crippen LogP contribution in [0.5, 0.6) is 0 Å². The quantitative estimate of drug-likeness (QED) is 0.619. The third-order valence-electron chi connectivity index (χ3n) is 4.32. The first-order valence-corrected chi connectivity index (χ1v) is 8.88. The second-order valence-electron chi connectivity index (χ2n) is 5.78. The zero-order valence-electron chi connectivity index (χ0n) is 14.8. The molecule has 4 heteroatoms. The standard InChI is InChI=1S/C21H26ClNO.ClH/c1-3-24-21(18-11-6-4-7-12-18,19-13-8-5-9-14-19)17-20(23-2)15-10-16-22;/h4-14,16,20,23H,3,15,17H2,1-2H3;1H/b16-10+;. The van der Waals surface area contributed by atoms with E-state index in [4.69, 9.17) is 16.3 Å². The average molecular weight is 380 g/mol. The molecule has 1 unspecified atom stereocenters. The molecule has 1 atom stereocenters. The first-order valence-electron chi connectivity index (χ1n) is 8.44. The highest BCUT2D eigenvalue weighted by Crippen LogP contribution is 2.38. The van der Waals surface area contributed by atoms with E-state index in [1.165, 1.54) is 11.1 Å². The average Bonchev–Trinajstić information content (AvgIpc) is 2.65. The van der Waals surface area contributed by atoms with Crippen LogP contribution in [0, 0.1) is 0 Å². The Bertz CT molecular complexity index is 577. The Morgan fingerprint density at radius 2 is 1.56 bits per heavy atom. The van der Waals surface area contributed by atoms with E-state index in [9.17, 15) is 0 Å². The van der Waals surface area contributed by atoms with Crippen molar-refractivity contribution in [2.75, 3.05) is 13.7 Å². The van der Waals surface area contributed by atoms with Crippen LogP contribution in [0.4, 0.5) is 0 Å². The van der Waals surface area contributed by atoms with Gasteiger partial charge in [-0.3, -0.25) is 0 Å². The molecule has 2 nitrogen and oxygen atoms in total. The van der Waals surface area contributed by atoms with Gasteiger partial charge in [-0.25, -0.2) is 0 Å². The lowest BCUT2D eigenvalue weighted by atomic mass is 9.80. The van der Waals surface area contributed by atoms with Gasteiger partial charge in [0.25, 0.3) is 0 Å². The van der Waals surface area contributed by atoms with Gasteiger partial charge in [-0.05, 0) is 31.5 Å². The molecule has 0 aliphatic rings. The van der Waals surface area contributed by atoms with E-state index in [1.807, 2.05) is 32.2 Å². The van der Waals surface area contributed by atoms with Crippen molar-refractivity contribution in [1.82, 2.24) is 5.32 Å². The molecule has 0 fully saturated rings. The van der Waals surface area contributed by atoms with Crippen molar-refractivity contribution in [3.05, 3.63) is 83.4 Å². The summed E-state index contributed by atoms with van der Waals surface area (Å²) in [6.45, 7) is 2.69. The molecule has 0 aliphatic heterocycles. The summed E-state index contributed by atoms with van der Waals surface area (Å²) >= 11 is 5.73. The van der Waals surface area contributed by atoms with Crippen molar-refractivity contribution in [1.29, 1.82) is 0 Å². The van der Waals surface area contributed by atoms with Gasteiger partial charge < -0.3 is 10.1 Å². The molecule has 0 amide bonds. The largest absolute Gasteiger partial charge is 0.366 e. The smallest absolute Gasteiger partial charge is 0.120 e. The van der Waals surface area contributed by atoms with Crippen LogP contribution in [-0.4, -0.2) is 19.7 Å². The monoisotopic (exact) mass is 379 g/mol. The van der Waals surface area contributed by atoms with Crippen molar-refractivity contribution in [3.8, 4) is 0 Å². The first-order chi connectivity index (χ1) is 11.8. The summed E-state index contributed by atoms with van der Waals surface area (Å²) in [4.78, 5) is 0. The third-order valence-corrected chi connectivity index (χ3v) is 4.50. The van der Waals surface area contributed by atoms with Gasteiger partial charge >= 0.3 is 0 Å². The van der Waals surface area contributed by atoms with Crippen LogP contribution in [0.2, 0.25) is 0 Å². The summed E-state index contributed by atoms with van der Waals surface area (Å²) < 4.78 is 6.42. The third kappa shape index (κ3) is 5.58. The number of ether oxygens (including phenoxy) is 1. The van der Waals surface area contributed by atoms with Gasteiger partial charge in [0.05, 0.1) is 0 Å². The number of benzene rings is 2. The lowest BCUT2D eigenvalue weighted by Gasteiger charge is -2.37. The molecule has 0 aromatic heterocycles.